The SMILES string of the molecule is CC(=O)NCC1CN([O-])C(c2cc(F)c(-c3cccnc3)c(F)c2)O1. The van der Waals surface area contributed by atoms with Crippen LogP contribution in [0.15, 0.2) is 36.7 Å². The zero-order valence-corrected chi connectivity index (χ0v) is 13.4. The van der Waals surface area contributed by atoms with Gasteiger partial charge in [0.2, 0.25) is 5.91 Å². The molecule has 0 aliphatic carbocycles. The van der Waals surface area contributed by atoms with Gasteiger partial charge in [-0.15, -0.1) is 0 Å². The molecule has 1 fully saturated rings. The highest BCUT2D eigenvalue weighted by Crippen LogP contribution is 2.33. The van der Waals surface area contributed by atoms with Crippen molar-refractivity contribution in [3.8, 4) is 11.1 Å². The third-order valence-electron chi connectivity index (χ3n) is 3.84. The molecule has 1 aromatic carbocycles. The molecule has 2 aromatic rings. The molecule has 132 valence electrons. The molecular weight excluding hydrogens is 332 g/mol. The summed E-state index contributed by atoms with van der Waals surface area (Å²) < 4.78 is 34.4. The molecule has 2 unspecified atom stereocenters. The number of nitrogens with zero attached hydrogens (tertiary/aromatic N) is 2. The summed E-state index contributed by atoms with van der Waals surface area (Å²) in [6, 6.07) is 5.29. The molecule has 1 N–H and O–H groups in total. The van der Waals surface area contributed by atoms with E-state index in [1.54, 1.807) is 12.1 Å². The minimum atomic E-state index is -1.12. The lowest BCUT2D eigenvalue weighted by Crippen LogP contribution is -2.32. The summed E-state index contributed by atoms with van der Waals surface area (Å²) in [7, 11) is 0. The van der Waals surface area contributed by atoms with Crippen LogP contribution in [0.2, 0.25) is 0 Å². The number of carbonyl (C=O) groups is 1. The summed E-state index contributed by atoms with van der Waals surface area (Å²) in [6.07, 6.45) is 1.20. The molecule has 0 saturated carbocycles. The third kappa shape index (κ3) is 3.81. The average Bonchev–Trinajstić information content (AvgIpc) is 2.94. The first-order valence-electron chi connectivity index (χ1n) is 7.68. The van der Waals surface area contributed by atoms with Crippen molar-refractivity contribution < 1.29 is 18.3 Å². The van der Waals surface area contributed by atoms with Gasteiger partial charge in [-0.05, 0) is 18.2 Å². The van der Waals surface area contributed by atoms with Gasteiger partial charge in [0.25, 0.3) is 0 Å². The number of hydroxylamine groups is 2. The van der Waals surface area contributed by atoms with Crippen molar-refractivity contribution in [3.05, 3.63) is 59.1 Å². The predicted octanol–water partition coefficient (Wildman–Crippen LogP) is 2.36. The molecule has 1 saturated heterocycles. The molecule has 8 heteroatoms. The fourth-order valence-electron chi connectivity index (χ4n) is 2.73. The second-order valence-corrected chi connectivity index (χ2v) is 5.75. The molecule has 25 heavy (non-hydrogen) atoms. The van der Waals surface area contributed by atoms with E-state index in [2.05, 4.69) is 10.3 Å². The Bertz CT molecular complexity index is 750. The fraction of sp³-hybridized carbons (Fsp3) is 0.294. The Hall–Kier alpha value is -2.42. The van der Waals surface area contributed by atoms with Crippen LogP contribution in [0.5, 0.6) is 0 Å². The molecule has 6 nitrogen and oxygen atoms in total. The highest BCUT2D eigenvalue weighted by molar-refractivity contribution is 5.72. The number of hydrogen-bond donors (Lipinski definition) is 1. The summed E-state index contributed by atoms with van der Waals surface area (Å²) >= 11 is 0. The Morgan fingerprint density at radius 2 is 2.16 bits per heavy atom. The van der Waals surface area contributed by atoms with Crippen LogP contribution < -0.4 is 5.32 Å². The van der Waals surface area contributed by atoms with Crippen LogP contribution >= 0.6 is 0 Å². The van der Waals surface area contributed by atoms with E-state index in [0.717, 1.165) is 12.1 Å². The second kappa shape index (κ2) is 7.22. The van der Waals surface area contributed by atoms with E-state index in [-0.39, 0.29) is 30.1 Å². The fourth-order valence-corrected chi connectivity index (χ4v) is 2.73. The number of carbonyl (C=O) groups excluding carboxylic acids is 1. The molecule has 1 aromatic heterocycles. The van der Waals surface area contributed by atoms with Gasteiger partial charge in [0, 0.05) is 43.5 Å². The molecule has 1 aliphatic heterocycles. The van der Waals surface area contributed by atoms with E-state index < -0.39 is 24.0 Å². The van der Waals surface area contributed by atoms with E-state index in [1.807, 2.05) is 0 Å². The molecule has 0 bridgehead atoms. The Kier molecular flexibility index (Phi) is 5.03. The summed E-state index contributed by atoms with van der Waals surface area (Å²) in [5.74, 6) is -1.85. The number of nitrogens with one attached hydrogen (secondary N) is 1. The highest BCUT2D eigenvalue weighted by atomic mass is 19.1. The summed E-state index contributed by atoms with van der Waals surface area (Å²) in [4.78, 5) is 14.8. The van der Waals surface area contributed by atoms with Gasteiger partial charge in [-0.1, -0.05) is 6.07 Å². The van der Waals surface area contributed by atoms with Gasteiger partial charge in [0.15, 0.2) is 0 Å². The Morgan fingerprint density at radius 1 is 1.44 bits per heavy atom. The van der Waals surface area contributed by atoms with Crippen molar-refractivity contribution in [1.29, 1.82) is 0 Å². The topological polar surface area (TPSA) is 77.5 Å². The Balaban J connectivity index is 1.83. The number of aromatic nitrogens is 1. The number of pyridine rings is 1. The van der Waals surface area contributed by atoms with Crippen LogP contribution in [0.25, 0.3) is 11.1 Å². The minimum Gasteiger partial charge on any atom is -0.783 e. The van der Waals surface area contributed by atoms with Gasteiger partial charge in [-0.25, -0.2) is 8.78 Å². The number of amides is 1. The Morgan fingerprint density at radius 3 is 2.76 bits per heavy atom. The zero-order valence-electron chi connectivity index (χ0n) is 13.4. The number of rotatable bonds is 4. The van der Waals surface area contributed by atoms with Crippen LogP contribution in [0.1, 0.15) is 18.7 Å². The molecule has 2 atom stereocenters. The van der Waals surface area contributed by atoms with E-state index in [1.165, 1.54) is 19.3 Å². The monoisotopic (exact) mass is 348 g/mol. The molecule has 0 radical (unpaired) electrons. The van der Waals surface area contributed by atoms with Crippen LogP contribution in [-0.4, -0.2) is 35.1 Å². The van der Waals surface area contributed by atoms with Gasteiger partial charge < -0.3 is 20.3 Å². The van der Waals surface area contributed by atoms with Crippen LogP contribution in [0, 0.1) is 16.8 Å². The van der Waals surface area contributed by atoms with E-state index in [0.29, 0.717) is 10.6 Å². The first-order valence-corrected chi connectivity index (χ1v) is 7.68. The standard InChI is InChI=1S/C17H16F2N3O3/c1-10(23)21-8-13-9-22(24)17(25-13)12-5-14(18)16(15(19)6-12)11-3-2-4-20-7-11/h2-7,13,17H,8-9H2,1H3,(H,21,23)/q-1. The van der Waals surface area contributed by atoms with Gasteiger partial charge in [0.1, 0.15) is 17.9 Å². The van der Waals surface area contributed by atoms with Crippen molar-refractivity contribution in [2.45, 2.75) is 19.3 Å². The van der Waals surface area contributed by atoms with E-state index in [4.69, 9.17) is 4.74 Å². The molecule has 1 aliphatic rings. The van der Waals surface area contributed by atoms with Crippen molar-refractivity contribution in [2.75, 3.05) is 13.1 Å². The van der Waals surface area contributed by atoms with Gasteiger partial charge in [-0.3, -0.25) is 9.78 Å². The summed E-state index contributed by atoms with van der Waals surface area (Å²) in [6.45, 7) is 1.51. The van der Waals surface area contributed by atoms with Crippen LogP contribution in [0.3, 0.4) is 0 Å². The lowest BCUT2D eigenvalue weighted by Gasteiger charge is -2.28. The van der Waals surface area contributed by atoms with Gasteiger partial charge >= 0.3 is 0 Å². The molecule has 1 amide bonds. The van der Waals surface area contributed by atoms with E-state index in [9.17, 15) is 18.8 Å². The first-order chi connectivity index (χ1) is 12.0. The molecule has 2 heterocycles. The van der Waals surface area contributed by atoms with E-state index >= 15 is 0 Å². The lowest BCUT2D eigenvalue weighted by atomic mass is 10.0. The lowest BCUT2D eigenvalue weighted by molar-refractivity contribution is -0.119. The van der Waals surface area contributed by atoms with Gasteiger partial charge in [-0.2, -0.15) is 0 Å². The predicted molar refractivity (Wildman–Crippen MR) is 86.0 cm³/mol. The molecule has 3 rings (SSSR count). The first kappa shape index (κ1) is 17.4. The van der Waals surface area contributed by atoms with Crippen molar-refractivity contribution in [3.63, 3.8) is 0 Å². The van der Waals surface area contributed by atoms with Crippen LogP contribution in [0.4, 0.5) is 8.78 Å². The number of hydrogen-bond acceptors (Lipinski definition) is 5. The van der Waals surface area contributed by atoms with Gasteiger partial charge in [0.05, 0.1) is 11.7 Å². The van der Waals surface area contributed by atoms with Crippen molar-refractivity contribution in [1.82, 2.24) is 15.4 Å². The minimum absolute atomic E-state index is 0.00145. The average molecular weight is 348 g/mol. The maximum Gasteiger partial charge on any atom is 0.216 e. The smallest absolute Gasteiger partial charge is 0.216 e. The normalized spacial score (nSPS) is 20.6. The van der Waals surface area contributed by atoms with Crippen molar-refractivity contribution in [2.24, 2.45) is 0 Å². The third-order valence-corrected chi connectivity index (χ3v) is 3.84. The number of benzene rings is 1. The maximum atomic E-state index is 14.4. The number of halogens is 2. The largest absolute Gasteiger partial charge is 0.783 e. The molecular formula is C17H16F2N3O3-. The molecule has 0 spiro atoms. The number of ether oxygens (including phenoxy) is 1. The maximum absolute atomic E-state index is 14.4. The van der Waals surface area contributed by atoms with Crippen LogP contribution in [-0.2, 0) is 9.53 Å². The summed E-state index contributed by atoms with van der Waals surface area (Å²) in [5.41, 5.74) is 0.184. The quantitative estimate of drug-likeness (QED) is 0.918. The zero-order chi connectivity index (χ0) is 18.0. The van der Waals surface area contributed by atoms with Crippen molar-refractivity contribution >= 4 is 5.91 Å². The highest BCUT2D eigenvalue weighted by Gasteiger charge is 2.30. The Labute approximate surface area is 143 Å². The second-order valence-electron chi connectivity index (χ2n) is 5.75. The summed E-state index contributed by atoms with van der Waals surface area (Å²) in [5, 5.41) is 15.2.